The van der Waals surface area contributed by atoms with Gasteiger partial charge in [-0.1, -0.05) is 42.5 Å². The topological polar surface area (TPSA) is 38.9 Å². The molecule has 2 nitrogen and oxygen atoms in total. The minimum Gasteiger partial charge on any atom is -0.399 e. The lowest BCUT2D eigenvalue weighted by Crippen LogP contribution is -2.15. The largest absolute Gasteiger partial charge is 0.399 e. The molecular formula is C22H23FN2. The maximum absolute atomic E-state index is 14.0. The van der Waals surface area contributed by atoms with Crippen molar-refractivity contribution in [1.29, 1.82) is 0 Å². The third-order valence-corrected chi connectivity index (χ3v) is 4.19. The molecular weight excluding hydrogens is 311 g/mol. The number of nitrogens with zero attached hydrogens (tertiary/aromatic N) is 1. The quantitative estimate of drug-likeness (QED) is 0.691. The molecule has 0 unspecified atom stereocenters. The van der Waals surface area contributed by atoms with Gasteiger partial charge in [-0.3, -0.25) is 0 Å². The molecule has 3 heteroatoms. The van der Waals surface area contributed by atoms with Crippen LogP contribution in [-0.2, 0) is 6.42 Å². The Morgan fingerprint density at radius 2 is 1.80 bits per heavy atom. The summed E-state index contributed by atoms with van der Waals surface area (Å²) in [7, 11) is 0. The van der Waals surface area contributed by atoms with Crippen molar-refractivity contribution in [2.75, 3.05) is 0 Å². The highest BCUT2D eigenvalue weighted by Gasteiger charge is 2.17. The zero-order chi connectivity index (χ0) is 18.2. The van der Waals surface area contributed by atoms with E-state index in [1.807, 2.05) is 36.4 Å². The molecule has 0 fully saturated rings. The zero-order valence-electron chi connectivity index (χ0n) is 14.9. The molecule has 0 aliphatic heterocycles. The number of hydrogen-bond acceptors (Lipinski definition) is 2. The molecule has 0 atom stereocenters. The van der Waals surface area contributed by atoms with Crippen LogP contribution in [0, 0.1) is 6.92 Å². The van der Waals surface area contributed by atoms with Gasteiger partial charge in [-0.15, -0.1) is 0 Å². The number of fused-ring (bicyclic) bond motifs is 1. The third kappa shape index (κ3) is 3.87. The van der Waals surface area contributed by atoms with Crippen molar-refractivity contribution in [3.05, 3.63) is 71.8 Å². The predicted octanol–water partition coefficient (Wildman–Crippen LogP) is 5.43. The van der Waals surface area contributed by atoms with Crippen molar-refractivity contribution >= 4 is 16.6 Å². The molecule has 25 heavy (non-hydrogen) atoms. The van der Waals surface area contributed by atoms with Gasteiger partial charge in [0, 0.05) is 28.6 Å². The summed E-state index contributed by atoms with van der Waals surface area (Å²) in [4.78, 5) is 4.77. The number of hydrogen-bond donors (Lipinski definition) is 1. The van der Waals surface area contributed by atoms with Crippen molar-refractivity contribution in [2.24, 2.45) is 5.73 Å². The molecule has 0 aliphatic carbocycles. The lowest BCUT2D eigenvalue weighted by atomic mass is 9.96. The van der Waals surface area contributed by atoms with Gasteiger partial charge in [0.2, 0.25) is 0 Å². The Kier molecular flexibility index (Phi) is 4.34. The Morgan fingerprint density at radius 1 is 1.12 bits per heavy atom. The predicted molar refractivity (Wildman–Crippen MR) is 104 cm³/mol. The number of rotatable bonds is 4. The molecule has 0 bridgehead atoms. The summed E-state index contributed by atoms with van der Waals surface area (Å²) in [5.74, 6) is 0. The van der Waals surface area contributed by atoms with Crippen LogP contribution in [0.5, 0.6) is 0 Å². The van der Waals surface area contributed by atoms with E-state index in [2.05, 4.69) is 25.6 Å². The molecule has 3 aromatic rings. The second-order valence-electron chi connectivity index (χ2n) is 7.19. The second kappa shape index (κ2) is 6.32. The molecule has 0 amide bonds. The first-order chi connectivity index (χ1) is 11.7. The van der Waals surface area contributed by atoms with E-state index in [9.17, 15) is 4.39 Å². The monoisotopic (exact) mass is 334 g/mol. The average Bonchev–Trinajstić information content (AvgIpc) is 2.53. The van der Waals surface area contributed by atoms with Gasteiger partial charge in [0.1, 0.15) is 5.67 Å². The lowest BCUT2D eigenvalue weighted by Gasteiger charge is -2.16. The van der Waals surface area contributed by atoms with Crippen molar-refractivity contribution in [2.45, 2.75) is 32.9 Å². The highest BCUT2D eigenvalue weighted by molar-refractivity contribution is 5.93. The number of halogens is 1. The Balaban J connectivity index is 2.16. The maximum Gasteiger partial charge on any atom is 0.109 e. The number of aryl methyl sites for hydroxylation is 1. The fourth-order valence-electron chi connectivity index (χ4n) is 3.01. The van der Waals surface area contributed by atoms with E-state index in [1.165, 1.54) is 5.56 Å². The lowest BCUT2D eigenvalue weighted by molar-refractivity contribution is 0.217. The van der Waals surface area contributed by atoms with Gasteiger partial charge in [0.25, 0.3) is 0 Å². The number of alkyl halides is 1. The molecule has 1 heterocycles. The van der Waals surface area contributed by atoms with E-state index in [0.29, 0.717) is 12.1 Å². The fraction of sp³-hybridized carbons (Fsp3) is 0.227. The van der Waals surface area contributed by atoms with Crippen LogP contribution in [0.3, 0.4) is 0 Å². The zero-order valence-corrected chi connectivity index (χ0v) is 14.9. The van der Waals surface area contributed by atoms with Gasteiger partial charge < -0.3 is 5.73 Å². The molecule has 0 radical (unpaired) electrons. The summed E-state index contributed by atoms with van der Waals surface area (Å²) in [6.07, 6.45) is 0.346. The number of nitrogens with two attached hydrogens (primary N) is 1. The SMILES string of the molecule is C=C(N)c1cc(-c2ccc(C)cc2)nc2ccc(CC(C)(C)F)cc12. The molecule has 2 aromatic carbocycles. The number of aromatic nitrogens is 1. The van der Waals surface area contributed by atoms with Crippen LogP contribution in [0.4, 0.5) is 4.39 Å². The smallest absolute Gasteiger partial charge is 0.109 e. The number of benzene rings is 2. The molecule has 3 rings (SSSR count). The van der Waals surface area contributed by atoms with E-state index in [1.54, 1.807) is 13.8 Å². The van der Waals surface area contributed by atoms with E-state index < -0.39 is 5.67 Å². The normalized spacial score (nSPS) is 11.7. The van der Waals surface area contributed by atoms with Crippen molar-refractivity contribution in [1.82, 2.24) is 4.98 Å². The molecule has 128 valence electrons. The fourth-order valence-corrected chi connectivity index (χ4v) is 3.01. The summed E-state index contributed by atoms with van der Waals surface area (Å²) in [5.41, 5.74) is 10.9. The van der Waals surface area contributed by atoms with Crippen LogP contribution in [0.15, 0.2) is 55.1 Å². The molecule has 2 N–H and O–H groups in total. The standard InChI is InChI=1S/C22H23FN2/c1-14-5-8-17(9-6-14)21-12-18(15(2)24)19-11-16(13-22(3,4)23)7-10-20(19)25-21/h5-12H,2,13,24H2,1,3-4H3. The molecule has 0 saturated carbocycles. The van der Waals surface area contributed by atoms with Crippen LogP contribution in [-0.4, -0.2) is 10.7 Å². The first-order valence-corrected chi connectivity index (χ1v) is 8.37. The molecule has 0 spiro atoms. The number of pyridine rings is 1. The van der Waals surface area contributed by atoms with Gasteiger partial charge in [-0.2, -0.15) is 0 Å². The summed E-state index contributed by atoms with van der Waals surface area (Å²) in [6, 6.07) is 16.0. The van der Waals surface area contributed by atoms with Crippen LogP contribution in [0.25, 0.3) is 27.9 Å². The second-order valence-corrected chi connectivity index (χ2v) is 7.19. The Hall–Kier alpha value is -2.68. The van der Waals surface area contributed by atoms with Gasteiger partial charge >= 0.3 is 0 Å². The van der Waals surface area contributed by atoms with E-state index in [-0.39, 0.29) is 0 Å². The Morgan fingerprint density at radius 3 is 2.40 bits per heavy atom. The van der Waals surface area contributed by atoms with Gasteiger partial charge in [-0.05, 0) is 44.5 Å². The summed E-state index contributed by atoms with van der Waals surface area (Å²) in [5, 5.41) is 0.908. The van der Waals surface area contributed by atoms with Gasteiger partial charge in [-0.25, -0.2) is 9.37 Å². The molecule has 0 aliphatic rings. The van der Waals surface area contributed by atoms with Crippen LogP contribution in [0.2, 0.25) is 0 Å². The highest BCUT2D eigenvalue weighted by atomic mass is 19.1. The van der Waals surface area contributed by atoms with E-state index >= 15 is 0 Å². The van der Waals surface area contributed by atoms with Gasteiger partial charge in [0.05, 0.1) is 11.2 Å². The Bertz CT molecular complexity index is 935. The van der Waals surface area contributed by atoms with Crippen molar-refractivity contribution in [3.63, 3.8) is 0 Å². The maximum atomic E-state index is 14.0. The van der Waals surface area contributed by atoms with Crippen LogP contribution >= 0.6 is 0 Å². The summed E-state index contributed by atoms with van der Waals surface area (Å²) >= 11 is 0. The first-order valence-electron chi connectivity index (χ1n) is 8.37. The van der Waals surface area contributed by atoms with Crippen LogP contribution < -0.4 is 5.73 Å². The van der Waals surface area contributed by atoms with E-state index in [0.717, 1.165) is 33.3 Å². The minimum absolute atomic E-state index is 0.346. The molecule has 0 saturated heterocycles. The van der Waals surface area contributed by atoms with E-state index in [4.69, 9.17) is 10.7 Å². The van der Waals surface area contributed by atoms with Gasteiger partial charge in [0.15, 0.2) is 0 Å². The molecule has 1 aromatic heterocycles. The highest BCUT2D eigenvalue weighted by Crippen LogP contribution is 2.29. The van der Waals surface area contributed by atoms with Crippen LogP contribution in [0.1, 0.15) is 30.5 Å². The Labute approximate surface area is 148 Å². The third-order valence-electron chi connectivity index (χ3n) is 4.19. The minimum atomic E-state index is -1.26. The first kappa shape index (κ1) is 17.2. The van der Waals surface area contributed by atoms with Crippen molar-refractivity contribution in [3.8, 4) is 11.3 Å². The average molecular weight is 334 g/mol. The summed E-state index contributed by atoms with van der Waals surface area (Å²) in [6.45, 7) is 9.12. The summed E-state index contributed by atoms with van der Waals surface area (Å²) < 4.78 is 14.0. The van der Waals surface area contributed by atoms with Crippen molar-refractivity contribution < 1.29 is 4.39 Å².